The van der Waals surface area contributed by atoms with Crippen molar-refractivity contribution >= 4 is 11.8 Å². The number of nitrogens with one attached hydrogen (secondary N) is 1. The molecule has 1 heterocycles. The average molecular weight is 286 g/mol. The molecule has 21 heavy (non-hydrogen) atoms. The minimum absolute atomic E-state index is 0.0326. The maximum absolute atomic E-state index is 12.4. The highest BCUT2D eigenvalue weighted by atomic mass is 16.2. The van der Waals surface area contributed by atoms with Gasteiger partial charge in [-0.05, 0) is 44.2 Å². The minimum atomic E-state index is -0.410. The Kier molecular flexibility index (Phi) is 3.70. The zero-order valence-electron chi connectivity index (χ0n) is 12.6. The van der Waals surface area contributed by atoms with Gasteiger partial charge in [-0.3, -0.25) is 9.59 Å². The van der Waals surface area contributed by atoms with Gasteiger partial charge in [-0.25, -0.2) is 0 Å². The van der Waals surface area contributed by atoms with Gasteiger partial charge in [0.05, 0.1) is 0 Å². The number of carbonyl (C=O) groups excluding carboxylic acids is 2. The molecule has 3 atom stereocenters. The Labute approximate surface area is 125 Å². The van der Waals surface area contributed by atoms with E-state index in [2.05, 4.69) is 29.6 Å². The van der Waals surface area contributed by atoms with Gasteiger partial charge < -0.3 is 10.2 Å². The second kappa shape index (κ2) is 5.51. The highest BCUT2D eigenvalue weighted by Gasteiger charge is 2.37. The fourth-order valence-corrected chi connectivity index (χ4v) is 3.51. The smallest absolute Gasteiger partial charge is 0.245 e. The van der Waals surface area contributed by atoms with Crippen LogP contribution in [0.4, 0.5) is 0 Å². The summed E-state index contributed by atoms with van der Waals surface area (Å²) in [6.45, 7) is 4.22. The van der Waals surface area contributed by atoms with Crippen molar-refractivity contribution in [3.05, 3.63) is 35.4 Å². The van der Waals surface area contributed by atoms with E-state index < -0.39 is 6.04 Å². The minimum Gasteiger partial charge on any atom is -0.343 e. The van der Waals surface area contributed by atoms with Crippen LogP contribution in [-0.2, 0) is 16.0 Å². The Bertz CT molecular complexity index is 570. The summed E-state index contributed by atoms with van der Waals surface area (Å²) in [5.74, 6) is 0.329. The lowest BCUT2D eigenvalue weighted by molar-refractivity contribution is -0.148. The molecule has 1 aliphatic carbocycles. The second-order valence-corrected chi connectivity index (χ2v) is 6.18. The normalized spacial score (nSPS) is 29.0. The first-order valence-corrected chi connectivity index (χ1v) is 7.76. The number of aryl methyl sites for hydroxylation is 1. The summed E-state index contributed by atoms with van der Waals surface area (Å²) in [4.78, 5) is 26.1. The van der Waals surface area contributed by atoms with Crippen molar-refractivity contribution in [2.45, 2.75) is 51.1 Å². The molecule has 1 N–H and O–H groups in total. The molecule has 3 unspecified atom stereocenters. The predicted octanol–water partition coefficient (Wildman–Crippen LogP) is 1.84. The zero-order valence-corrected chi connectivity index (χ0v) is 12.6. The standard InChI is InChI=1S/C17H22N2O2/c1-11-17(21)19(12(2)16(20)18-11)10-14-8-5-7-13-6-3-4-9-15(13)14/h3-4,6,9,11-12,14H,5,7-8,10H2,1-2H3,(H,18,20). The molecule has 3 rings (SSSR count). The van der Waals surface area contributed by atoms with E-state index in [0.29, 0.717) is 12.5 Å². The number of fused-ring (bicyclic) bond motifs is 1. The van der Waals surface area contributed by atoms with Crippen molar-refractivity contribution in [1.82, 2.24) is 10.2 Å². The van der Waals surface area contributed by atoms with Crippen molar-refractivity contribution in [2.75, 3.05) is 6.54 Å². The fraction of sp³-hybridized carbons (Fsp3) is 0.529. The van der Waals surface area contributed by atoms with Gasteiger partial charge in [0.25, 0.3) is 0 Å². The van der Waals surface area contributed by atoms with Gasteiger partial charge in [0.1, 0.15) is 12.1 Å². The van der Waals surface area contributed by atoms with Crippen LogP contribution in [0.15, 0.2) is 24.3 Å². The SMILES string of the molecule is CC1NC(=O)C(C)N(CC2CCCc3ccccc32)C1=O. The molecule has 1 saturated heterocycles. The molecule has 1 aromatic rings. The van der Waals surface area contributed by atoms with Crippen LogP contribution in [0.5, 0.6) is 0 Å². The highest BCUT2D eigenvalue weighted by molar-refractivity contribution is 5.96. The summed E-state index contributed by atoms with van der Waals surface area (Å²) in [6.07, 6.45) is 3.36. The fourth-order valence-electron chi connectivity index (χ4n) is 3.51. The highest BCUT2D eigenvalue weighted by Crippen LogP contribution is 2.32. The molecule has 4 nitrogen and oxygen atoms in total. The molecule has 2 amide bonds. The van der Waals surface area contributed by atoms with E-state index in [9.17, 15) is 9.59 Å². The molecule has 112 valence electrons. The Balaban J connectivity index is 1.83. The first kappa shape index (κ1) is 14.1. The Morgan fingerprint density at radius 2 is 2.00 bits per heavy atom. The van der Waals surface area contributed by atoms with Crippen molar-refractivity contribution in [1.29, 1.82) is 0 Å². The van der Waals surface area contributed by atoms with Crippen molar-refractivity contribution < 1.29 is 9.59 Å². The number of benzene rings is 1. The summed E-state index contributed by atoms with van der Waals surface area (Å²) >= 11 is 0. The van der Waals surface area contributed by atoms with E-state index in [0.717, 1.165) is 19.3 Å². The van der Waals surface area contributed by atoms with E-state index in [1.54, 1.807) is 11.8 Å². The molecular weight excluding hydrogens is 264 g/mol. The van der Waals surface area contributed by atoms with Crippen LogP contribution in [0.2, 0.25) is 0 Å². The van der Waals surface area contributed by atoms with Gasteiger partial charge in [-0.15, -0.1) is 0 Å². The van der Waals surface area contributed by atoms with Crippen LogP contribution in [0.1, 0.15) is 43.7 Å². The van der Waals surface area contributed by atoms with Gasteiger partial charge in [0.2, 0.25) is 11.8 Å². The monoisotopic (exact) mass is 286 g/mol. The lowest BCUT2D eigenvalue weighted by Gasteiger charge is -2.39. The maximum atomic E-state index is 12.4. The van der Waals surface area contributed by atoms with E-state index in [1.807, 2.05) is 6.92 Å². The quantitative estimate of drug-likeness (QED) is 0.902. The molecular formula is C17H22N2O2. The van der Waals surface area contributed by atoms with Crippen LogP contribution in [0.25, 0.3) is 0 Å². The number of nitrogens with zero attached hydrogens (tertiary/aromatic N) is 1. The molecule has 0 radical (unpaired) electrons. The number of amides is 2. The van der Waals surface area contributed by atoms with Crippen molar-refractivity contribution in [3.63, 3.8) is 0 Å². The van der Waals surface area contributed by atoms with Crippen LogP contribution < -0.4 is 5.32 Å². The Morgan fingerprint density at radius 1 is 1.24 bits per heavy atom. The maximum Gasteiger partial charge on any atom is 0.245 e. The molecule has 0 saturated carbocycles. The topological polar surface area (TPSA) is 49.4 Å². The van der Waals surface area contributed by atoms with Crippen molar-refractivity contribution in [2.24, 2.45) is 0 Å². The Morgan fingerprint density at radius 3 is 2.81 bits per heavy atom. The number of rotatable bonds is 2. The van der Waals surface area contributed by atoms with E-state index in [-0.39, 0.29) is 17.9 Å². The number of carbonyl (C=O) groups is 2. The van der Waals surface area contributed by atoms with E-state index >= 15 is 0 Å². The molecule has 1 aliphatic heterocycles. The van der Waals surface area contributed by atoms with E-state index in [1.165, 1.54) is 11.1 Å². The number of piperazine rings is 1. The van der Waals surface area contributed by atoms with Gasteiger partial charge in [0.15, 0.2) is 0 Å². The summed E-state index contributed by atoms with van der Waals surface area (Å²) in [7, 11) is 0. The summed E-state index contributed by atoms with van der Waals surface area (Å²) in [5.41, 5.74) is 2.74. The van der Waals surface area contributed by atoms with E-state index in [4.69, 9.17) is 0 Å². The zero-order chi connectivity index (χ0) is 15.0. The third kappa shape index (κ3) is 2.55. The number of hydrogen-bond acceptors (Lipinski definition) is 2. The Hall–Kier alpha value is -1.84. The first-order valence-electron chi connectivity index (χ1n) is 7.76. The first-order chi connectivity index (χ1) is 10.1. The van der Waals surface area contributed by atoms with Gasteiger partial charge >= 0.3 is 0 Å². The largest absolute Gasteiger partial charge is 0.343 e. The molecule has 0 bridgehead atoms. The lowest BCUT2D eigenvalue weighted by Crippen LogP contribution is -2.62. The molecule has 1 aromatic carbocycles. The van der Waals surface area contributed by atoms with Crippen LogP contribution >= 0.6 is 0 Å². The van der Waals surface area contributed by atoms with Gasteiger partial charge in [-0.1, -0.05) is 24.3 Å². The second-order valence-electron chi connectivity index (χ2n) is 6.18. The third-order valence-electron chi connectivity index (χ3n) is 4.77. The van der Waals surface area contributed by atoms with Crippen LogP contribution in [0.3, 0.4) is 0 Å². The van der Waals surface area contributed by atoms with Gasteiger partial charge in [0, 0.05) is 12.5 Å². The third-order valence-corrected chi connectivity index (χ3v) is 4.77. The molecule has 2 aliphatic rings. The molecule has 0 spiro atoms. The van der Waals surface area contributed by atoms with Crippen molar-refractivity contribution in [3.8, 4) is 0 Å². The average Bonchev–Trinajstić information content (AvgIpc) is 2.50. The molecule has 1 fully saturated rings. The van der Waals surface area contributed by atoms with Gasteiger partial charge in [-0.2, -0.15) is 0 Å². The lowest BCUT2D eigenvalue weighted by atomic mass is 9.82. The summed E-state index contributed by atoms with van der Waals surface area (Å²) in [6, 6.07) is 7.70. The van der Waals surface area contributed by atoms with Crippen LogP contribution in [-0.4, -0.2) is 35.3 Å². The molecule has 4 heteroatoms. The number of hydrogen-bond donors (Lipinski definition) is 1. The summed E-state index contributed by atoms with van der Waals surface area (Å²) < 4.78 is 0. The molecule has 0 aromatic heterocycles. The van der Waals surface area contributed by atoms with Crippen LogP contribution in [0, 0.1) is 0 Å². The predicted molar refractivity (Wildman–Crippen MR) is 80.9 cm³/mol. The summed E-state index contributed by atoms with van der Waals surface area (Å²) in [5, 5.41) is 2.73.